The number of ether oxygens (including phenoxy) is 4. The highest BCUT2D eigenvalue weighted by molar-refractivity contribution is 5.66. The third kappa shape index (κ3) is 5.70. The first-order valence-electron chi connectivity index (χ1n) is 7.65. The molecule has 0 aromatic carbocycles. The Morgan fingerprint density at radius 1 is 1.22 bits per heavy atom. The quantitative estimate of drug-likeness (QED) is 0.405. The minimum Gasteiger partial charge on any atom is -0.463 e. The predicted molar refractivity (Wildman–Crippen MR) is 83.2 cm³/mol. The van der Waals surface area contributed by atoms with Crippen molar-refractivity contribution < 1.29 is 28.5 Å². The second kappa shape index (κ2) is 8.70. The van der Waals surface area contributed by atoms with Gasteiger partial charge in [-0.15, -0.1) is 6.42 Å². The summed E-state index contributed by atoms with van der Waals surface area (Å²) in [5.74, 6) is 1.77. The molecule has 0 fully saturated rings. The second-order valence-corrected chi connectivity index (χ2v) is 5.27. The number of rotatable bonds is 7. The Labute approximate surface area is 137 Å². The van der Waals surface area contributed by atoms with Crippen molar-refractivity contribution in [3.05, 3.63) is 12.2 Å². The highest BCUT2D eigenvalue weighted by Crippen LogP contribution is 2.26. The van der Waals surface area contributed by atoms with Crippen LogP contribution in [0.1, 0.15) is 40.5 Å². The Hall–Kier alpha value is -1.84. The van der Waals surface area contributed by atoms with Gasteiger partial charge in [-0.1, -0.05) is 19.8 Å². The Kier molecular flexibility index (Phi) is 7.27. The second-order valence-electron chi connectivity index (χ2n) is 5.27. The highest BCUT2D eigenvalue weighted by Gasteiger charge is 2.35. The topological polar surface area (TPSA) is 71.1 Å². The molecule has 23 heavy (non-hydrogen) atoms. The molecule has 0 N–H and O–H groups in total. The van der Waals surface area contributed by atoms with E-state index < -0.39 is 36.0 Å². The third-order valence-electron chi connectivity index (χ3n) is 3.63. The van der Waals surface area contributed by atoms with Gasteiger partial charge in [0.2, 0.25) is 0 Å². The van der Waals surface area contributed by atoms with Gasteiger partial charge in [-0.2, -0.15) is 0 Å². The zero-order valence-electron chi connectivity index (χ0n) is 14.0. The van der Waals surface area contributed by atoms with Crippen LogP contribution in [-0.4, -0.2) is 42.6 Å². The number of carbonyl (C=O) groups excluding carboxylic acids is 2. The van der Waals surface area contributed by atoms with Crippen LogP contribution in [-0.2, 0) is 28.5 Å². The summed E-state index contributed by atoms with van der Waals surface area (Å²) in [7, 11) is 0. The van der Waals surface area contributed by atoms with E-state index in [1.807, 2.05) is 13.8 Å². The zero-order valence-corrected chi connectivity index (χ0v) is 14.0. The van der Waals surface area contributed by atoms with E-state index in [1.54, 1.807) is 12.2 Å². The Bertz CT molecular complexity index is 486. The van der Waals surface area contributed by atoms with Crippen LogP contribution in [0, 0.1) is 12.3 Å². The summed E-state index contributed by atoms with van der Waals surface area (Å²) in [6.07, 6.45) is 8.17. The lowest BCUT2D eigenvalue weighted by atomic mass is 9.98. The smallest absolute Gasteiger partial charge is 0.303 e. The minimum absolute atomic E-state index is 0.0429. The molecule has 0 unspecified atom stereocenters. The number of esters is 2. The van der Waals surface area contributed by atoms with E-state index in [4.69, 9.17) is 25.4 Å². The van der Waals surface area contributed by atoms with E-state index in [0.717, 1.165) is 0 Å². The molecular weight excluding hydrogens is 300 g/mol. The zero-order chi connectivity index (χ0) is 17.5. The van der Waals surface area contributed by atoms with E-state index >= 15 is 0 Å². The molecule has 0 saturated heterocycles. The maximum absolute atomic E-state index is 11.2. The molecule has 0 bridgehead atoms. The lowest BCUT2D eigenvalue weighted by Gasteiger charge is -2.36. The molecule has 6 nitrogen and oxygen atoms in total. The molecular formula is C17H24O6. The summed E-state index contributed by atoms with van der Waals surface area (Å²) >= 11 is 0. The van der Waals surface area contributed by atoms with Crippen LogP contribution in [0.3, 0.4) is 0 Å². The average molecular weight is 324 g/mol. The van der Waals surface area contributed by atoms with Gasteiger partial charge in [0.25, 0.3) is 0 Å². The van der Waals surface area contributed by atoms with Crippen molar-refractivity contribution in [2.45, 2.75) is 64.6 Å². The molecule has 3 atom stereocenters. The average Bonchev–Trinajstić information content (AvgIpc) is 2.52. The van der Waals surface area contributed by atoms with E-state index in [2.05, 4.69) is 5.92 Å². The molecule has 0 spiro atoms. The summed E-state index contributed by atoms with van der Waals surface area (Å²) < 4.78 is 21.8. The summed E-state index contributed by atoms with van der Waals surface area (Å²) in [4.78, 5) is 22.2. The molecule has 0 radical (unpaired) electrons. The molecule has 1 heterocycles. The van der Waals surface area contributed by atoms with Crippen LogP contribution in [0.15, 0.2) is 12.2 Å². The first-order chi connectivity index (χ1) is 10.9. The lowest BCUT2D eigenvalue weighted by molar-refractivity contribution is -0.222. The summed E-state index contributed by atoms with van der Waals surface area (Å²) in [5.41, 5.74) is -0.727. The molecule has 1 rings (SSSR count). The molecule has 0 saturated carbocycles. The third-order valence-corrected chi connectivity index (χ3v) is 3.63. The van der Waals surface area contributed by atoms with Gasteiger partial charge >= 0.3 is 11.9 Å². The van der Waals surface area contributed by atoms with Crippen LogP contribution in [0.5, 0.6) is 0 Å². The van der Waals surface area contributed by atoms with E-state index in [-0.39, 0.29) is 6.61 Å². The molecule has 6 heteroatoms. The number of hydrogen-bond acceptors (Lipinski definition) is 6. The van der Waals surface area contributed by atoms with Crippen molar-refractivity contribution in [2.75, 3.05) is 6.61 Å². The summed E-state index contributed by atoms with van der Waals surface area (Å²) in [6, 6.07) is 0. The van der Waals surface area contributed by atoms with Crippen LogP contribution < -0.4 is 0 Å². The summed E-state index contributed by atoms with van der Waals surface area (Å²) in [5, 5.41) is 0. The number of hydrogen-bond donors (Lipinski definition) is 0. The van der Waals surface area contributed by atoms with Crippen molar-refractivity contribution in [2.24, 2.45) is 0 Å². The minimum atomic E-state index is -0.727. The Morgan fingerprint density at radius 2 is 1.87 bits per heavy atom. The fourth-order valence-electron chi connectivity index (χ4n) is 2.20. The van der Waals surface area contributed by atoms with Crippen molar-refractivity contribution in [1.29, 1.82) is 0 Å². The van der Waals surface area contributed by atoms with Gasteiger partial charge in [0, 0.05) is 13.8 Å². The van der Waals surface area contributed by atoms with Gasteiger partial charge in [0.15, 0.2) is 6.29 Å². The molecule has 128 valence electrons. The van der Waals surface area contributed by atoms with E-state index in [1.165, 1.54) is 13.8 Å². The first-order valence-corrected chi connectivity index (χ1v) is 7.65. The van der Waals surface area contributed by atoms with Gasteiger partial charge in [-0.25, -0.2) is 0 Å². The fraction of sp³-hybridized carbons (Fsp3) is 0.647. The number of terminal acetylenes is 1. The van der Waals surface area contributed by atoms with Crippen LogP contribution >= 0.6 is 0 Å². The van der Waals surface area contributed by atoms with Crippen molar-refractivity contribution >= 4 is 11.9 Å². The Balaban J connectivity index is 2.83. The van der Waals surface area contributed by atoms with E-state index in [9.17, 15) is 9.59 Å². The summed E-state index contributed by atoms with van der Waals surface area (Å²) in [6.45, 7) is 6.43. The fourth-order valence-corrected chi connectivity index (χ4v) is 2.20. The van der Waals surface area contributed by atoms with Gasteiger partial charge in [-0.05, 0) is 25.0 Å². The maximum Gasteiger partial charge on any atom is 0.303 e. The molecule has 0 aromatic heterocycles. The normalized spacial score (nSPS) is 23.9. The molecule has 0 amide bonds. The van der Waals surface area contributed by atoms with Gasteiger partial charge in [0.1, 0.15) is 24.4 Å². The Morgan fingerprint density at radius 3 is 2.35 bits per heavy atom. The van der Waals surface area contributed by atoms with Crippen molar-refractivity contribution in [3.63, 3.8) is 0 Å². The van der Waals surface area contributed by atoms with E-state index in [0.29, 0.717) is 12.8 Å². The van der Waals surface area contributed by atoms with Gasteiger partial charge in [-0.3, -0.25) is 9.59 Å². The van der Waals surface area contributed by atoms with Crippen LogP contribution in [0.2, 0.25) is 0 Å². The highest BCUT2D eigenvalue weighted by atomic mass is 16.7. The van der Waals surface area contributed by atoms with Crippen molar-refractivity contribution in [1.82, 2.24) is 0 Å². The van der Waals surface area contributed by atoms with Crippen molar-refractivity contribution in [3.8, 4) is 12.3 Å². The predicted octanol–water partition coefficient (Wildman–Crippen LogP) is 1.97. The largest absolute Gasteiger partial charge is 0.463 e. The SMILES string of the molecule is C#CC(CC)(CC)O[C@@H]1C=C[C@H](OC(C)=O)[C@@H](COC(C)=O)O1. The monoisotopic (exact) mass is 324 g/mol. The standard InChI is InChI=1S/C17H24O6/c1-6-17(7-2,8-3)23-16-10-9-14(21-13(5)19)15(22-16)11-20-12(4)18/h1,9-10,14-16H,7-8,11H2,2-5H3/t14-,15+,16+/m0/s1. The molecule has 0 aromatic rings. The van der Waals surface area contributed by atoms with Gasteiger partial charge in [0.05, 0.1) is 0 Å². The van der Waals surface area contributed by atoms with Crippen LogP contribution in [0.4, 0.5) is 0 Å². The number of carbonyl (C=O) groups is 2. The maximum atomic E-state index is 11.2. The first kappa shape index (κ1) is 19.2. The van der Waals surface area contributed by atoms with Crippen LogP contribution in [0.25, 0.3) is 0 Å². The molecule has 1 aliphatic heterocycles. The molecule has 1 aliphatic rings. The lowest BCUT2D eigenvalue weighted by Crippen LogP contribution is -2.45. The molecule has 0 aliphatic carbocycles. The van der Waals surface area contributed by atoms with Gasteiger partial charge < -0.3 is 18.9 Å².